The van der Waals surface area contributed by atoms with Crippen molar-refractivity contribution >= 4 is 11.6 Å². The van der Waals surface area contributed by atoms with Crippen molar-refractivity contribution in [2.45, 2.75) is 84.2 Å². The van der Waals surface area contributed by atoms with E-state index in [1.807, 2.05) is 6.92 Å². The van der Waals surface area contributed by atoms with Crippen molar-refractivity contribution in [3.8, 4) is 0 Å². The summed E-state index contributed by atoms with van der Waals surface area (Å²) < 4.78 is 18.0. The fourth-order valence-electron chi connectivity index (χ4n) is 6.69. The lowest BCUT2D eigenvalue weighted by Crippen LogP contribution is -2.65. The van der Waals surface area contributed by atoms with Gasteiger partial charge >= 0.3 is 0 Å². The topological polar surface area (TPSA) is 65.1 Å². The van der Waals surface area contributed by atoms with Gasteiger partial charge < -0.3 is 14.2 Å². The summed E-state index contributed by atoms with van der Waals surface area (Å²) in [5.74, 6) is 0.958. The molecule has 0 aromatic heterocycles. The highest BCUT2D eigenvalue weighted by molar-refractivity contribution is 5.97. The highest BCUT2D eigenvalue weighted by Gasteiger charge is 2.74. The minimum absolute atomic E-state index is 0.0228. The number of carbonyl (C=O) groups is 2. The van der Waals surface area contributed by atoms with Crippen LogP contribution < -0.4 is 0 Å². The summed E-state index contributed by atoms with van der Waals surface area (Å²) in [6.45, 7) is 10.6. The smallest absolute Gasteiger partial charge is 0.286 e. The first kappa shape index (κ1) is 16.8. The number of carbonyl (C=O) groups excluding carboxylic acids is 2. The molecule has 5 aliphatic rings. The molecule has 2 aliphatic carbocycles. The van der Waals surface area contributed by atoms with Crippen molar-refractivity contribution in [3.63, 3.8) is 0 Å². The highest BCUT2D eigenvalue weighted by Crippen LogP contribution is 2.67. The Morgan fingerprint density at radius 2 is 1.77 bits per heavy atom. The molecule has 5 heteroatoms. The van der Waals surface area contributed by atoms with Crippen LogP contribution in [0.25, 0.3) is 0 Å². The van der Waals surface area contributed by atoms with E-state index in [2.05, 4.69) is 27.7 Å². The predicted octanol–water partition coefficient (Wildman–Crippen LogP) is 3.16. The van der Waals surface area contributed by atoms with Gasteiger partial charge in [0.25, 0.3) is 5.95 Å². The first-order chi connectivity index (χ1) is 12.1. The monoisotopic (exact) mass is 360 g/mol. The molecule has 0 N–H and O–H groups in total. The number of hydrogen-bond acceptors (Lipinski definition) is 5. The van der Waals surface area contributed by atoms with E-state index in [1.165, 1.54) is 0 Å². The number of epoxide rings is 1. The van der Waals surface area contributed by atoms with Crippen LogP contribution in [-0.4, -0.2) is 35.5 Å². The van der Waals surface area contributed by atoms with Crippen LogP contribution >= 0.6 is 0 Å². The number of rotatable bonds is 0. The predicted molar refractivity (Wildman–Crippen MR) is 93.1 cm³/mol. The summed E-state index contributed by atoms with van der Waals surface area (Å²) >= 11 is 0. The average Bonchev–Trinajstić information content (AvgIpc) is 3.32. The lowest BCUT2D eigenvalue weighted by Gasteiger charge is -2.61. The minimum Gasteiger partial charge on any atom is -0.462 e. The molecule has 0 spiro atoms. The average molecular weight is 360 g/mol. The Morgan fingerprint density at radius 1 is 1.04 bits per heavy atom. The highest BCUT2D eigenvalue weighted by atomic mass is 16.7. The first-order valence-corrected chi connectivity index (χ1v) is 9.91. The molecular weight excluding hydrogens is 332 g/mol. The fourth-order valence-corrected chi connectivity index (χ4v) is 6.69. The molecule has 5 rings (SSSR count). The third-order valence-electron chi connectivity index (χ3n) is 8.12. The molecule has 26 heavy (non-hydrogen) atoms. The van der Waals surface area contributed by atoms with Crippen LogP contribution in [-0.2, 0) is 23.8 Å². The van der Waals surface area contributed by atoms with E-state index in [0.717, 1.165) is 12.8 Å². The molecule has 7 unspecified atom stereocenters. The summed E-state index contributed by atoms with van der Waals surface area (Å²) in [5.41, 5.74) is -0.396. The minimum atomic E-state index is -0.532. The Morgan fingerprint density at radius 3 is 2.50 bits per heavy atom. The fraction of sp³-hybridized carbons (Fsp3) is 0.810. The Kier molecular flexibility index (Phi) is 3.05. The summed E-state index contributed by atoms with van der Waals surface area (Å²) in [6, 6.07) is 0. The molecular formula is C21H28O5. The van der Waals surface area contributed by atoms with Crippen molar-refractivity contribution < 1.29 is 23.8 Å². The number of Topliss-reactive ketones (excluding diaryl/α,β-unsaturated/α-hetero) is 2. The summed E-state index contributed by atoms with van der Waals surface area (Å²) in [5, 5.41) is 0. The Hall–Kier alpha value is -1.36. The molecule has 0 aromatic rings. The van der Waals surface area contributed by atoms with E-state index in [0.29, 0.717) is 24.4 Å². The van der Waals surface area contributed by atoms with Crippen molar-refractivity contribution in [3.05, 3.63) is 11.5 Å². The number of fused-ring (bicyclic) bond motifs is 4. The molecule has 3 fully saturated rings. The van der Waals surface area contributed by atoms with E-state index >= 15 is 0 Å². The molecule has 5 nitrogen and oxygen atoms in total. The van der Waals surface area contributed by atoms with Gasteiger partial charge in [-0.3, -0.25) is 9.59 Å². The maximum Gasteiger partial charge on any atom is 0.286 e. The summed E-state index contributed by atoms with van der Waals surface area (Å²) in [6.07, 6.45) is 2.39. The van der Waals surface area contributed by atoms with Gasteiger partial charge in [-0.15, -0.1) is 0 Å². The molecule has 0 aromatic carbocycles. The zero-order valence-corrected chi connectivity index (χ0v) is 16.3. The molecule has 0 amide bonds. The van der Waals surface area contributed by atoms with Gasteiger partial charge in [-0.05, 0) is 44.4 Å². The second-order valence-corrected chi connectivity index (χ2v) is 10.0. The van der Waals surface area contributed by atoms with Crippen molar-refractivity contribution in [2.75, 3.05) is 0 Å². The maximum absolute atomic E-state index is 13.4. The van der Waals surface area contributed by atoms with Gasteiger partial charge in [0.1, 0.15) is 17.8 Å². The van der Waals surface area contributed by atoms with Gasteiger partial charge in [0.2, 0.25) is 0 Å². The van der Waals surface area contributed by atoms with Crippen LogP contribution in [0.5, 0.6) is 0 Å². The van der Waals surface area contributed by atoms with Gasteiger partial charge in [0.05, 0.1) is 11.7 Å². The Balaban J connectivity index is 1.60. The largest absolute Gasteiger partial charge is 0.462 e. The quantitative estimate of drug-likeness (QED) is 0.621. The third-order valence-corrected chi connectivity index (χ3v) is 8.12. The molecule has 142 valence electrons. The second-order valence-electron chi connectivity index (χ2n) is 10.0. The van der Waals surface area contributed by atoms with Crippen LogP contribution in [0.15, 0.2) is 11.5 Å². The maximum atomic E-state index is 13.4. The van der Waals surface area contributed by atoms with E-state index in [9.17, 15) is 9.59 Å². The van der Waals surface area contributed by atoms with Gasteiger partial charge in [0, 0.05) is 17.8 Å². The van der Waals surface area contributed by atoms with Crippen LogP contribution in [0.2, 0.25) is 0 Å². The summed E-state index contributed by atoms with van der Waals surface area (Å²) in [4.78, 5) is 26.0. The SMILES string of the molecule is CC1CC(=O)C2=C(O1)OC1(C)CCC3C(C)(C)C4OC4C(=O)C3(C)C1C2. The van der Waals surface area contributed by atoms with Crippen LogP contribution in [0.1, 0.15) is 60.3 Å². The number of allylic oxidation sites excluding steroid dienone is 1. The van der Waals surface area contributed by atoms with E-state index in [4.69, 9.17) is 14.2 Å². The normalized spacial score (nSPS) is 51.3. The summed E-state index contributed by atoms with van der Waals surface area (Å²) in [7, 11) is 0. The second kappa shape index (κ2) is 4.73. The van der Waals surface area contributed by atoms with Crippen molar-refractivity contribution in [2.24, 2.45) is 22.7 Å². The molecule has 2 saturated carbocycles. The Labute approximate surface area is 154 Å². The lowest BCUT2D eigenvalue weighted by molar-refractivity contribution is -0.207. The van der Waals surface area contributed by atoms with Gasteiger partial charge in [0.15, 0.2) is 11.6 Å². The van der Waals surface area contributed by atoms with E-state index in [1.54, 1.807) is 0 Å². The van der Waals surface area contributed by atoms with E-state index in [-0.39, 0.29) is 47.1 Å². The lowest BCUT2D eigenvalue weighted by atomic mass is 9.44. The number of ether oxygens (including phenoxy) is 3. The standard InChI is InChI=1S/C21H28O5/c1-10-8-12(22)11-9-14-20(4,26-18(11)24-10)7-6-13-19(2,3)17-15(25-17)16(23)21(13,14)5/h10,13-15,17H,6-9H2,1-5H3. The molecule has 0 bridgehead atoms. The number of hydrogen-bond donors (Lipinski definition) is 0. The molecule has 3 aliphatic heterocycles. The van der Waals surface area contributed by atoms with Crippen LogP contribution in [0, 0.1) is 22.7 Å². The third kappa shape index (κ3) is 1.85. The molecule has 7 atom stereocenters. The molecule has 1 saturated heterocycles. The van der Waals surface area contributed by atoms with Crippen molar-refractivity contribution in [1.29, 1.82) is 0 Å². The first-order valence-electron chi connectivity index (χ1n) is 9.91. The van der Waals surface area contributed by atoms with Gasteiger partial charge in [-0.2, -0.15) is 0 Å². The van der Waals surface area contributed by atoms with Gasteiger partial charge in [-0.1, -0.05) is 20.8 Å². The Bertz CT molecular complexity index is 752. The van der Waals surface area contributed by atoms with Crippen molar-refractivity contribution in [1.82, 2.24) is 0 Å². The zero-order chi connectivity index (χ0) is 18.6. The van der Waals surface area contributed by atoms with Gasteiger partial charge in [-0.25, -0.2) is 0 Å². The van der Waals surface area contributed by atoms with E-state index < -0.39 is 11.0 Å². The number of ketones is 2. The molecule has 0 radical (unpaired) electrons. The van der Waals surface area contributed by atoms with Crippen LogP contribution in [0.3, 0.4) is 0 Å². The zero-order valence-electron chi connectivity index (χ0n) is 16.3. The molecule has 3 heterocycles. The van der Waals surface area contributed by atoms with Crippen LogP contribution in [0.4, 0.5) is 0 Å².